The molecule has 2 aromatic carbocycles. The van der Waals surface area contributed by atoms with E-state index >= 15 is 0 Å². The second-order valence-corrected chi connectivity index (χ2v) is 8.00. The van der Waals surface area contributed by atoms with Gasteiger partial charge in [0.1, 0.15) is 24.4 Å². The highest BCUT2D eigenvalue weighted by Gasteiger charge is 2.29. The molecule has 0 heterocycles. The van der Waals surface area contributed by atoms with E-state index in [2.05, 4.69) is 0 Å². The van der Waals surface area contributed by atoms with E-state index in [1.165, 1.54) is 38.5 Å². The first-order valence-electron chi connectivity index (χ1n) is 11.4. The fourth-order valence-corrected chi connectivity index (χ4v) is 2.88. The molecule has 12 heteroatoms. The van der Waals surface area contributed by atoms with Crippen LogP contribution in [0.25, 0.3) is 12.2 Å². The summed E-state index contributed by atoms with van der Waals surface area (Å²) in [7, 11) is 2.87. The molecule has 0 bridgehead atoms. The Labute approximate surface area is 224 Å². The van der Waals surface area contributed by atoms with Crippen molar-refractivity contribution in [3.05, 3.63) is 59.7 Å². The molecule has 4 atom stereocenters. The van der Waals surface area contributed by atoms with Crippen molar-refractivity contribution < 1.29 is 59.6 Å². The number of aldehydes is 1. The lowest BCUT2D eigenvalue weighted by Crippen LogP contribution is -2.46. The second-order valence-electron chi connectivity index (χ2n) is 8.00. The highest BCUT2D eigenvalue weighted by molar-refractivity contribution is 6.10. The van der Waals surface area contributed by atoms with E-state index in [4.69, 9.17) is 35.0 Å². The van der Waals surface area contributed by atoms with Crippen LogP contribution in [0.3, 0.4) is 0 Å². The third-order valence-electron chi connectivity index (χ3n) is 5.10. The summed E-state index contributed by atoms with van der Waals surface area (Å²) in [5.74, 6) is -0.0832. The second kappa shape index (κ2) is 16.7. The predicted octanol–water partition coefficient (Wildman–Crippen LogP) is -0.00890. The fourth-order valence-electron chi connectivity index (χ4n) is 2.88. The molecule has 2 aromatic rings. The number of aliphatic hydroxyl groups is 5. The zero-order chi connectivity index (χ0) is 29.5. The van der Waals surface area contributed by atoms with Crippen LogP contribution in [0.2, 0.25) is 0 Å². The molecule has 2 rings (SSSR count). The Hall–Kier alpha value is -4.07. The molecule has 7 N–H and O–H groups in total. The summed E-state index contributed by atoms with van der Waals surface area (Å²) < 4.78 is 10.00. The van der Waals surface area contributed by atoms with Crippen molar-refractivity contribution >= 4 is 30.0 Å². The largest absolute Gasteiger partial charge is 0.504 e. The Morgan fingerprint density at radius 2 is 1.23 bits per heavy atom. The van der Waals surface area contributed by atoms with Crippen LogP contribution in [0.1, 0.15) is 17.5 Å². The average molecular weight is 549 g/mol. The number of ketones is 2. The van der Waals surface area contributed by atoms with Gasteiger partial charge >= 0.3 is 0 Å². The molecule has 0 aromatic heterocycles. The molecule has 0 fully saturated rings. The van der Waals surface area contributed by atoms with E-state index in [1.807, 2.05) is 0 Å². The molecule has 0 unspecified atom stereocenters. The number of phenols is 2. The first-order valence-corrected chi connectivity index (χ1v) is 11.4. The average Bonchev–Trinajstić information content (AvgIpc) is 2.94. The number of carbonyl (C=O) groups excluding carboxylic acids is 3. The highest BCUT2D eigenvalue weighted by atomic mass is 16.5. The number of hydrogen-bond acceptors (Lipinski definition) is 12. The standard InChI is InChI=1S/C21H20O6.C6H12O6/c1-26-20-11-14(5-9-18(20)24)3-7-16(22)13-17(23)8-4-15-6-10-19(25)21(12-15)27-2;7-1-3(9)5(11)6(12)4(10)2-8/h3-12,24-25H,13H2,1-2H3;1,3-6,8-12H,2H2/b7-3+,8-4+;/t;3-,4+,5+,6+/m.0/s1. The van der Waals surface area contributed by atoms with Gasteiger partial charge in [0, 0.05) is 0 Å². The van der Waals surface area contributed by atoms with Crippen LogP contribution in [-0.2, 0) is 14.4 Å². The summed E-state index contributed by atoms with van der Waals surface area (Å²) in [6.45, 7) is -0.760. The van der Waals surface area contributed by atoms with Crippen molar-refractivity contribution in [1.29, 1.82) is 0 Å². The van der Waals surface area contributed by atoms with Gasteiger partial charge in [0.25, 0.3) is 0 Å². The minimum atomic E-state index is -1.79. The minimum absolute atomic E-state index is 0.00662. The molecule has 0 saturated heterocycles. The Morgan fingerprint density at radius 1 is 0.795 bits per heavy atom. The summed E-state index contributed by atoms with van der Waals surface area (Å²) in [4.78, 5) is 33.8. The van der Waals surface area contributed by atoms with E-state index in [0.717, 1.165) is 0 Å². The van der Waals surface area contributed by atoms with Crippen molar-refractivity contribution in [3.8, 4) is 23.0 Å². The Morgan fingerprint density at radius 3 is 1.59 bits per heavy atom. The number of aliphatic hydroxyl groups excluding tert-OH is 5. The lowest BCUT2D eigenvalue weighted by atomic mass is 10.0. The van der Waals surface area contributed by atoms with Crippen LogP contribution >= 0.6 is 0 Å². The third-order valence-corrected chi connectivity index (χ3v) is 5.10. The van der Waals surface area contributed by atoms with Crippen LogP contribution in [0.4, 0.5) is 0 Å². The van der Waals surface area contributed by atoms with Crippen molar-refractivity contribution in [2.75, 3.05) is 20.8 Å². The molecule has 212 valence electrons. The molecular formula is C27H32O12. The topological polar surface area (TPSA) is 211 Å². The van der Waals surface area contributed by atoms with Gasteiger partial charge in [0.05, 0.1) is 27.2 Å². The molecule has 12 nitrogen and oxygen atoms in total. The monoisotopic (exact) mass is 548 g/mol. The summed E-state index contributed by atoms with van der Waals surface area (Å²) in [5, 5.41) is 62.6. The van der Waals surface area contributed by atoms with Crippen LogP contribution in [-0.4, -0.2) is 98.8 Å². The maximum absolute atomic E-state index is 11.9. The number of aromatic hydroxyl groups is 2. The lowest BCUT2D eigenvalue weighted by molar-refractivity contribution is -0.136. The molecule has 0 aliphatic heterocycles. The summed E-state index contributed by atoms with van der Waals surface area (Å²) in [6, 6.07) is 9.34. The van der Waals surface area contributed by atoms with Gasteiger partial charge in [-0.25, -0.2) is 0 Å². The first-order chi connectivity index (χ1) is 18.5. The number of ether oxygens (including phenoxy) is 2. The third kappa shape index (κ3) is 11.1. The fraction of sp³-hybridized carbons (Fsp3) is 0.296. The maximum Gasteiger partial charge on any atom is 0.163 e. The summed E-state index contributed by atoms with van der Waals surface area (Å²) in [5.41, 5.74) is 1.33. The lowest BCUT2D eigenvalue weighted by Gasteiger charge is -2.22. The van der Waals surface area contributed by atoms with Gasteiger partial charge in [-0.05, 0) is 47.5 Å². The van der Waals surface area contributed by atoms with Crippen LogP contribution < -0.4 is 9.47 Å². The molecule has 0 amide bonds. The zero-order valence-electron chi connectivity index (χ0n) is 21.2. The van der Waals surface area contributed by atoms with Crippen molar-refractivity contribution in [3.63, 3.8) is 0 Å². The van der Waals surface area contributed by atoms with E-state index in [0.29, 0.717) is 22.6 Å². The molecule has 39 heavy (non-hydrogen) atoms. The molecule has 0 radical (unpaired) electrons. The number of benzene rings is 2. The molecular weight excluding hydrogens is 516 g/mol. The Balaban J connectivity index is 0.000000534. The molecule has 0 spiro atoms. The summed E-state index contributed by atoms with van der Waals surface area (Å²) in [6.07, 6.45) is -1.40. The Kier molecular flexibility index (Phi) is 14.1. The van der Waals surface area contributed by atoms with E-state index in [-0.39, 0.29) is 35.8 Å². The number of rotatable bonds is 13. The first kappa shape index (κ1) is 33.0. The quantitative estimate of drug-likeness (QED) is 0.100. The van der Waals surface area contributed by atoms with Crippen molar-refractivity contribution in [2.45, 2.75) is 30.8 Å². The van der Waals surface area contributed by atoms with Crippen molar-refractivity contribution in [2.24, 2.45) is 0 Å². The van der Waals surface area contributed by atoms with Crippen LogP contribution in [0, 0.1) is 0 Å². The van der Waals surface area contributed by atoms with Crippen LogP contribution in [0.5, 0.6) is 23.0 Å². The van der Waals surface area contributed by atoms with Gasteiger partial charge in [-0.1, -0.05) is 24.3 Å². The van der Waals surface area contributed by atoms with E-state index in [1.54, 1.807) is 36.4 Å². The number of allylic oxidation sites excluding steroid dienone is 2. The minimum Gasteiger partial charge on any atom is -0.504 e. The SMILES string of the molecule is COc1cc(/C=C/C(=O)CC(=O)/C=C/c2ccc(O)c(OC)c2)ccc1O.O=C[C@H](O)[C@@H](O)[C@H](O)[C@H](O)CO. The normalized spacial score (nSPS) is 14.1. The summed E-state index contributed by atoms with van der Waals surface area (Å²) >= 11 is 0. The molecule has 0 aliphatic rings. The van der Waals surface area contributed by atoms with Crippen molar-refractivity contribution in [1.82, 2.24) is 0 Å². The number of phenolic OH excluding ortho intramolecular Hbond substituents is 2. The van der Waals surface area contributed by atoms with E-state index in [9.17, 15) is 24.6 Å². The van der Waals surface area contributed by atoms with Gasteiger partial charge in [-0.3, -0.25) is 9.59 Å². The predicted molar refractivity (Wildman–Crippen MR) is 139 cm³/mol. The van der Waals surface area contributed by atoms with Gasteiger partial charge in [-0.15, -0.1) is 0 Å². The molecule has 0 aliphatic carbocycles. The highest BCUT2D eigenvalue weighted by Crippen LogP contribution is 2.27. The zero-order valence-corrected chi connectivity index (χ0v) is 21.2. The number of carbonyl (C=O) groups is 3. The smallest absolute Gasteiger partial charge is 0.163 e. The Bertz CT molecular complexity index is 1080. The maximum atomic E-state index is 11.9. The van der Waals surface area contributed by atoms with Gasteiger partial charge in [-0.2, -0.15) is 0 Å². The van der Waals surface area contributed by atoms with E-state index < -0.39 is 31.0 Å². The molecule has 0 saturated carbocycles. The van der Waals surface area contributed by atoms with Gasteiger partial charge in [0.15, 0.2) is 40.9 Å². The van der Waals surface area contributed by atoms with Gasteiger partial charge < -0.3 is 50.0 Å². The number of methoxy groups -OCH3 is 2. The van der Waals surface area contributed by atoms with Gasteiger partial charge in [0.2, 0.25) is 0 Å². The van der Waals surface area contributed by atoms with Crippen LogP contribution in [0.15, 0.2) is 48.6 Å². The number of hydrogen-bond donors (Lipinski definition) is 7.